The van der Waals surface area contributed by atoms with Crippen LogP contribution in [0.1, 0.15) is 30.1 Å². The van der Waals surface area contributed by atoms with E-state index in [1.807, 2.05) is 44.8 Å². The number of nitrogens with one attached hydrogen (secondary N) is 2. The van der Waals surface area contributed by atoms with Gasteiger partial charge in [-0.3, -0.25) is 14.4 Å². The van der Waals surface area contributed by atoms with Crippen molar-refractivity contribution in [2.24, 2.45) is 0 Å². The summed E-state index contributed by atoms with van der Waals surface area (Å²) >= 11 is 3.47. The van der Waals surface area contributed by atoms with Crippen molar-refractivity contribution in [2.45, 2.75) is 41.3 Å². The molecule has 1 saturated heterocycles. The highest BCUT2D eigenvalue weighted by Gasteiger charge is 2.42. The maximum atomic E-state index is 13.2. The van der Waals surface area contributed by atoms with E-state index in [-0.39, 0.29) is 40.9 Å². The number of Topliss-reactive ketones (excluding diaryl/α,β-unsaturated/α-hetero) is 1. The van der Waals surface area contributed by atoms with E-state index >= 15 is 0 Å². The van der Waals surface area contributed by atoms with E-state index in [9.17, 15) is 18.8 Å². The van der Waals surface area contributed by atoms with Crippen LogP contribution in [0.5, 0.6) is 0 Å². The van der Waals surface area contributed by atoms with Gasteiger partial charge >= 0.3 is 0 Å². The quantitative estimate of drug-likeness (QED) is 0.231. The molecule has 4 atom stereocenters. The normalized spacial score (nSPS) is 22.8. The summed E-state index contributed by atoms with van der Waals surface area (Å²) in [6, 6.07) is 5.04. The van der Waals surface area contributed by atoms with E-state index in [4.69, 9.17) is 0 Å². The molecule has 31 heavy (non-hydrogen) atoms. The highest BCUT2D eigenvalue weighted by Crippen LogP contribution is 2.38. The molecular weight excluding hydrogens is 534 g/mol. The zero-order chi connectivity index (χ0) is 22.7. The van der Waals surface area contributed by atoms with Crippen LogP contribution in [0.4, 0.5) is 4.39 Å². The van der Waals surface area contributed by atoms with Crippen molar-refractivity contribution in [3.63, 3.8) is 0 Å². The fraction of sp³-hybridized carbons (Fsp3) is 0.476. The highest BCUT2D eigenvalue weighted by molar-refractivity contribution is 14.1. The Morgan fingerprint density at radius 2 is 1.94 bits per heavy atom. The number of halogens is 2. The number of likely N-dealkylation sites (N-methyl/N-ethyl adjacent to an activating group) is 2. The van der Waals surface area contributed by atoms with Gasteiger partial charge in [0.25, 0.3) is 5.91 Å². The van der Waals surface area contributed by atoms with Gasteiger partial charge < -0.3 is 20.4 Å². The van der Waals surface area contributed by atoms with E-state index in [1.165, 1.54) is 36.0 Å². The number of hydrogen-bond acceptors (Lipinski definition) is 6. The first-order valence-corrected chi connectivity index (χ1v) is 12.2. The zero-order valence-corrected chi connectivity index (χ0v) is 20.6. The minimum atomic E-state index is -0.661. The standard InChI is InChI=1S/C21H26FIN4O3S/c1-12(24-2)19(29)25-18(23)20(30)27-10-4-5-15(27)21-26(3)16(11-31-21)17(28)13-6-8-14(22)9-7-13/h6-9,11-12,15,18,21,24H,4-5,10H2,1-3H3,(H,25,29)/t12-,15-,18+,21?/m0/s1. The Morgan fingerprint density at radius 3 is 2.58 bits per heavy atom. The summed E-state index contributed by atoms with van der Waals surface area (Å²) < 4.78 is 12.5. The number of alkyl halides is 1. The third-order valence-corrected chi connectivity index (χ3v) is 7.76. The summed E-state index contributed by atoms with van der Waals surface area (Å²) in [5.74, 6) is -0.921. The van der Waals surface area contributed by atoms with Crippen LogP contribution in [-0.4, -0.2) is 69.5 Å². The van der Waals surface area contributed by atoms with Crippen molar-refractivity contribution in [3.05, 3.63) is 46.8 Å². The molecule has 0 aliphatic carbocycles. The number of nitrogens with zero attached hydrogens (tertiary/aromatic N) is 2. The van der Waals surface area contributed by atoms with Crippen LogP contribution in [0, 0.1) is 5.82 Å². The Kier molecular flexibility index (Phi) is 7.98. The molecule has 7 nitrogen and oxygen atoms in total. The molecule has 2 heterocycles. The van der Waals surface area contributed by atoms with Crippen LogP contribution in [-0.2, 0) is 9.59 Å². The lowest BCUT2D eigenvalue weighted by atomic mass is 10.1. The first-order chi connectivity index (χ1) is 14.7. The van der Waals surface area contributed by atoms with Crippen molar-refractivity contribution < 1.29 is 18.8 Å². The number of ketones is 1. The van der Waals surface area contributed by atoms with Gasteiger partial charge in [0.2, 0.25) is 11.7 Å². The van der Waals surface area contributed by atoms with Gasteiger partial charge in [-0.1, -0.05) is 0 Å². The Balaban J connectivity index is 1.67. The van der Waals surface area contributed by atoms with E-state index in [1.54, 1.807) is 14.0 Å². The van der Waals surface area contributed by atoms with Crippen LogP contribution in [0.25, 0.3) is 0 Å². The molecule has 2 amide bonds. The summed E-state index contributed by atoms with van der Waals surface area (Å²) in [4.78, 5) is 41.8. The lowest BCUT2D eigenvalue weighted by molar-refractivity contribution is -0.134. The van der Waals surface area contributed by atoms with Crippen molar-refractivity contribution in [3.8, 4) is 0 Å². The highest BCUT2D eigenvalue weighted by atomic mass is 127. The summed E-state index contributed by atoms with van der Waals surface area (Å²) in [7, 11) is 3.53. The fourth-order valence-corrected chi connectivity index (χ4v) is 5.68. The Labute approximate surface area is 199 Å². The number of carbonyl (C=O) groups excluding carboxylic acids is 3. The van der Waals surface area contributed by atoms with Crippen LogP contribution >= 0.6 is 34.4 Å². The molecule has 0 radical (unpaired) electrons. The van der Waals surface area contributed by atoms with Gasteiger partial charge in [0.15, 0.2) is 4.05 Å². The molecule has 10 heteroatoms. The minimum Gasteiger partial charge on any atom is -0.357 e. The summed E-state index contributed by atoms with van der Waals surface area (Å²) in [5.41, 5.74) is 0.955. The molecular formula is C21H26FIN4O3S. The average Bonchev–Trinajstić information content (AvgIpc) is 3.38. The molecule has 2 aliphatic heterocycles. The first kappa shape index (κ1) is 24.0. The Bertz CT molecular complexity index is 882. The largest absolute Gasteiger partial charge is 0.357 e. The molecule has 0 spiro atoms. The van der Waals surface area contributed by atoms with E-state index in [2.05, 4.69) is 10.6 Å². The third-order valence-electron chi connectivity index (χ3n) is 5.64. The van der Waals surface area contributed by atoms with Gasteiger partial charge in [-0.05, 0) is 73.7 Å². The molecule has 3 rings (SSSR count). The number of hydrogen-bond donors (Lipinski definition) is 2. The number of rotatable bonds is 7. The molecule has 2 N–H and O–H groups in total. The number of benzene rings is 1. The molecule has 1 fully saturated rings. The zero-order valence-electron chi connectivity index (χ0n) is 17.6. The molecule has 1 aromatic carbocycles. The second kappa shape index (κ2) is 10.3. The fourth-order valence-electron chi connectivity index (χ4n) is 3.71. The average molecular weight is 560 g/mol. The monoisotopic (exact) mass is 560 g/mol. The smallest absolute Gasteiger partial charge is 0.255 e. The van der Waals surface area contributed by atoms with Gasteiger partial charge in [0.1, 0.15) is 5.82 Å². The molecule has 2 aliphatic rings. The maximum absolute atomic E-state index is 13.2. The van der Waals surface area contributed by atoms with Crippen LogP contribution < -0.4 is 10.6 Å². The van der Waals surface area contributed by atoms with Crippen LogP contribution in [0.2, 0.25) is 0 Å². The van der Waals surface area contributed by atoms with Gasteiger partial charge in [-0.15, -0.1) is 11.8 Å². The van der Waals surface area contributed by atoms with Gasteiger partial charge in [-0.2, -0.15) is 0 Å². The number of likely N-dealkylation sites (tertiary alicyclic amines) is 1. The van der Waals surface area contributed by atoms with Gasteiger partial charge in [-0.25, -0.2) is 4.39 Å². The second-order valence-corrected chi connectivity index (χ2v) is 9.84. The topological polar surface area (TPSA) is 81.8 Å². The van der Waals surface area contributed by atoms with Gasteiger partial charge in [0.05, 0.1) is 23.2 Å². The van der Waals surface area contributed by atoms with E-state index < -0.39 is 4.05 Å². The summed E-state index contributed by atoms with van der Waals surface area (Å²) in [5, 5.41) is 7.34. The Hall–Kier alpha value is -1.66. The van der Waals surface area contributed by atoms with Crippen molar-refractivity contribution in [1.82, 2.24) is 20.4 Å². The van der Waals surface area contributed by atoms with Crippen molar-refractivity contribution in [1.29, 1.82) is 0 Å². The number of carbonyl (C=O) groups is 3. The van der Waals surface area contributed by atoms with E-state index in [0.29, 0.717) is 17.8 Å². The lowest BCUT2D eigenvalue weighted by Crippen LogP contribution is -2.53. The Morgan fingerprint density at radius 1 is 1.26 bits per heavy atom. The second-order valence-electron chi connectivity index (χ2n) is 7.60. The third kappa shape index (κ3) is 5.23. The van der Waals surface area contributed by atoms with Crippen molar-refractivity contribution in [2.75, 3.05) is 20.6 Å². The van der Waals surface area contributed by atoms with E-state index in [0.717, 1.165) is 12.8 Å². The minimum absolute atomic E-state index is 0.0758. The molecule has 1 unspecified atom stereocenters. The molecule has 0 bridgehead atoms. The van der Waals surface area contributed by atoms with Crippen LogP contribution in [0.15, 0.2) is 35.4 Å². The summed E-state index contributed by atoms with van der Waals surface area (Å²) in [6.45, 7) is 2.35. The number of thioether (sulfide) groups is 1. The molecule has 168 valence electrons. The lowest BCUT2D eigenvalue weighted by Gasteiger charge is -2.35. The number of allylic oxidation sites excluding steroid dienone is 1. The van der Waals surface area contributed by atoms with Crippen LogP contribution in [0.3, 0.4) is 0 Å². The predicted molar refractivity (Wildman–Crippen MR) is 127 cm³/mol. The molecule has 0 saturated carbocycles. The molecule has 0 aromatic heterocycles. The summed E-state index contributed by atoms with van der Waals surface area (Å²) in [6.07, 6.45) is 1.69. The predicted octanol–water partition coefficient (Wildman–Crippen LogP) is 2.33. The number of amides is 2. The molecule has 1 aromatic rings. The SMILES string of the molecule is CN[C@@H](C)C(=O)N[C@@H](I)C(=O)N1CCC[C@H]1C1SC=C(C(=O)c2ccc(F)cc2)N1C. The maximum Gasteiger partial charge on any atom is 0.255 e. The van der Waals surface area contributed by atoms with Gasteiger partial charge in [0, 0.05) is 24.6 Å². The first-order valence-electron chi connectivity index (χ1n) is 10.1. The van der Waals surface area contributed by atoms with Crippen molar-refractivity contribution >= 4 is 52.0 Å².